The van der Waals surface area contributed by atoms with E-state index < -0.39 is 0 Å². The molecule has 0 radical (unpaired) electrons. The standard InChI is InChI=1S/C16H24N2O2/c1-19-15-7-12-5-6-18(10-11-3-4-11)14(9-17)13(12)8-16(15)20-2/h7-8,11,14H,3-6,9-10,17H2,1-2H3. The van der Waals surface area contributed by atoms with E-state index in [2.05, 4.69) is 17.0 Å². The van der Waals surface area contributed by atoms with E-state index in [4.69, 9.17) is 15.2 Å². The minimum absolute atomic E-state index is 0.319. The van der Waals surface area contributed by atoms with Gasteiger partial charge in [0, 0.05) is 25.7 Å². The van der Waals surface area contributed by atoms with E-state index >= 15 is 0 Å². The SMILES string of the molecule is COc1cc2c(cc1OC)C(CN)N(CC1CC1)CC2. The van der Waals surface area contributed by atoms with Crippen LogP contribution in [0.3, 0.4) is 0 Å². The molecule has 0 amide bonds. The molecule has 4 nitrogen and oxygen atoms in total. The maximum absolute atomic E-state index is 6.05. The summed E-state index contributed by atoms with van der Waals surface area (Å²) in [5, 5.41) is 0. The number of hydrogen-bond donors (Lipinski definition) is 1. The average Bonchev–Trinajstić information content (AvgIpc) is 3.29. The maximum Gasteiger partial charge on any atom is 0.161 e. The van der Waals surface area contributed by atoms with Crippen molar-refractivity contribution in [1.29, 1.82) is 0 Å². The zero-order valence-corrected chi connectivity index (χ0v) is 12.4. The van der Waals surface area contributed by atoms with Crippen molar-refractivity contribution in [2.45, 2.75) is 25.3 Å². The van der Waals surface area contributed by atoms with Crippen molar-refractivity contribution in [1.82, 2.24) is 4.90 Å². The van der Waals surface area contributed by atoms with Crippen LogP contribution in [0.25, 0.3) is 0 Å². The Labute approximate surface area is 120 Å². The topological polar surface area (TPSA) is 47.7 Å². The van der Waals surface area contributed by atoms with Crippen LogP contribution in [0.4, 0.5) is 0 Å². The predicted octanol–water partition coefficient (Wildman–Crippen LogP) is 1.97. The molecule has 1 aromatic carbocycles. The highest BCUT2D eigenvalue weighted by Gasteiger charge is 2.32. The van der Waals surface area contributed by atoms with Gasteiger partial charge in [-0.05, 0) is 48.4 Å². The van der Waals surface area contributed by atoms with Crippen LogP contribution < -0.4 is 15.2 Å². The van der Waals surface area contributed by atoms with Crippen LogP contribution in [0.5, 0.6) is 11.5 Å². The first-order chi connectivity index (χ1) is 9.76. The van der Waals surface area contributed by atoms with Crippen molar-refractivity contribution in [2.75, 3.05) is 33.9 Å². The largest absolute Gasteiger partial charge is 0.493 e. The Hall–Kier alpha value is -1.26. The Kier molecular flexibility index (Phi) is 3.85. The van der Waals surface area contributed by atoms with Crippen molar-refractivity contribution < 1.29 is 9.47 Å². The van der Waals surface area contributed by atoms with Gasteiger partial charge in [-0.1, -0.05) is 0 Å². The molecule has 1 saturated carbocycles. The Balaban J connectivity index is 1.92. The lowest BCUT2D eigenvalue weighted by Gasteiger charge is -2.37. The van der Waals surface area contributed by atoms with Gasteiger partial charge in [0.05, 0.1) is 14.2 Å². The minimum atomic E-state index is 0.319. The molecule has 4 heteroatoms. The molecule has 20 heavy (non-hydrogen) atoms. The zero-order chi connectivity index (χ0) is 14.1. The fourth-order valence-corrected chi connectivity index (χ4v) is 3.21. The molecule has 0 saturated heterocycles. The van der Waals surface area contributed by atoms with Crippen molar-refractivity contribution >= 4 is 0 Å². The highest BCUT2D eigenvalue weighted by atomic mass is 16.5. The number of rotatable bonds is 5. The first-order valence-electron chi connectivity index (χ1n) is 7.45. The number of nitrogens with zero attached hydrogens (tertiary/aromatic N) is 1. The molecular formula is C16H24N2O2. The van der Waals surface area contributed by atoms with Crippen LogP contribution in [-0.2, 0) is 6.42 Å². The smallest absolute Gasteiger partial charge is 0.161 e. The summed E-state index contributed by atoms with van der Waals surface area (Å²) in [5.74, 6) is 2.52. The lowest BCUT2D eigenvalue weighted by Crippen LogP contribution is -2.40. The highest BCUT2D eigenvalue weighted by molar-refractivity contribution is 5.49. The summed E-state index contributed by atoms with van der Waals surface area (Å²) in [6, 6.07) is 4.55. The third-order valence-corrected chi connectivity index (χ3v) is 4.53. The predicted molar refractivity (Wildman–Crippen MR) is 79.3 cm³/mol. The molecule has 0 aromatic heterocycles. The second-order valence-electron chi connectivity index (χ2n) is 5.85. The van der Waals surface area contributed by atoms with E-state index in [1.165, 1.54) is 30.5 Å². The molecule has 2 aliphatic rings. The van der Waals surface area contributed by atoms with Gasteiger partial charge in [0.25, 0.3) is 0 Å². The molecule has 1 aliphatic carbocycles. The number of ether oxygens (including phenoxy) is 2. The van der Waals surface area contributed by atoms with E-state index in [0.717, 1.165) is 30.4 Å². The number of benzene rings is 1. The molecule has 3 rings (SSSR count). The van der Waals surface area contributed by atoms with Crippen molar-refractivity contribution in [3.05, 3.63) is 23.3 Å². The zero-order valence-electron chi connectivity index (χ0n) is 12.4. The minimum Gasteiger partial charge on any atom is -0.493 e. The Morgan fingerprint density at radius 1 is 1.20 bits per heavy atom. The summed E-state index contributed by atoms with van der Waals surface area (Å²) in [4.78, 5) is 2.55. The number of methoxy groups -OCH3 is 2. The summed E-state index contributed by atoms with van der Waals surface area (Å²) in [6.07, 6.45) is 3.83. The summed E-state index contributed by atoms with van der Waals surface area (Å²) in [6.45, 7) is 2.95. The molecule has 1 unspecified atom stereocenters. The van der Waals surface area contributed by atoms with E-state index in [0.29, 0.717) is 12.6 Å². The second-order valence-corrected chi connectivity index (χ2v) is 5.85. The number of fused-ring (bicyclic) bond motifs is 1. The van der Waals surface area contributed by atoms with Gasteiger partial charge in [0.2, 0.25) is 0 Å². The first kappa shape index (κ1) is 13.7. The summed E-state index contributed by atoms with van der Waals surface area (Å²) >= 11 is 0. The van der Waals surface area contributed by atoms with Crippen LogP contribution >= 0.6 is 0 Å². The Morgan fingerprint density at radius 3 is 2.50 bits per heavy atom. The van der Waals surface area contributed by atoms with Gasteiger partial charge in [0.15, 0.2) is 11.5 Å². The molecule has 110 valence electrons. The fraction of sp³-hybridized carbons (Fsp3) is 0.625. The van der Waals surface area contributed by atoms with Crippen LogP contribution in [0.2, 0.25) is 0 Å². The van der Waals surface area contributed by atoms with E-state index in [1.54, 1.807) is 14.2 Å². The van der Waals surface area contributed by atoms with Crippen molar-refractivity contribution in [3.63, 3.8) is 0 Å². The fourth-order valence-electron chi connectivity index (χ4n) is 3.21. The maximum atomic E-state index is 6.05. The van der Waals surface area contributed by atoms with Gasteiger partial charge in [-0.3, -0.25) is 4.90 Å². The van der Waals surface area contributed by atoms with E-state index in [9.17, 15) is 0 Å². The molecule has 1 fully saturated rings. The van der Waals surface area contributed by atoms with Crippen molar-refractivity contribution in [2.24, 2.45) is 11.7 Å². The Morgan fingerprint density at radius 2 is 1.90 bits per heavy atom. The normalized spacial score (nSPS) is 22.4. The monoisotopic (exact) mass is 276 g/mol. The van der Waals surface area contributed by atoms with Crippen LogP contribution in [0, 0.1) is 5.92 Å². The highest BCUT2D eigenvalue weighted by Crippen LogP contribution is 2.39. The second kappa shape index (κ2) is 5.62. The van der Waals surface area contributed by atoms with Crippen LogP contribution in [0.15, 0.2) is 12.1 Å². The third kappa shape index (κ3) is 2.50. The molecular weight excluding hydrogens is 252 g/mol. The lowest BCUT2D eigenvalue weighted by atomic mass is 9.91. The van der Waals surface area contributed by atoms with Gasteiger partial charge in [0.1, 0.15) is 0 Å². The van der Waals surface area contributed by atoms with Crippen molar-refractivity contribution in [3.8, 4) is 11.5 Å². The summed E-state index contributed by atoms with van der Waals surface area (Å²) < 4.78 is 10.8. The lowest BCUT2D eigenvalue weighted by molar-refractivity contribution is 0.181. The summed E-state index contributed by atoms with van der Waals surface area (Å²) in [5.41, 5.74) is 8.72. The molecule has 1 aliphatic heterocycles. The van der Waals surface area contributed by atoms with E-state index in [-0.39, 0.29) is 0 Å². The van der Waals surface area contributed by atoms with Gasteiger partial charge in [-0.2, -0.15) is 0 Å². The van der Waals surface area contributed by atoms with Gasteiger partial charge in [-0.15, -0.1) is 0 Å². The molecule has 0 bridgehead atoms. The van der Waals surface area contributed by atoms with Gasteiger partial charge < -0.3 is 15.2 Å². The van der Waals surface area contributed by atoms with Gasteiger partial charge in [-0.25, -0.2) is 0 Å². The van der Waals surface area contributed by atoms with Crippen LogP contribution in [-0.4, -0.2) is 38.8 Å². The number of nitrogens with two attached hydrogens (primary N) is 1. The first-order valence-corrected chi connectivity index (χ1v) is 7.45. The quantitative estimate of drug-likeness (QED) is 0.893. The molecule has 1 heterocycles. The average molecular weight is 276 g/mol. The van der Waals surface area contributed by atoms with E-state index in [1.807, 2.05) is 0 Å². The molecule has 0 spiro atoms. The molecule has 2 N–H and O–H groups in total. The molecule has 1 atom stereocenters. The third-order valence-electron chi connectivity index (χ3n) is 4.53. The number of hydrogen-bond acceptors (Lipinski definition) is 4. The van der Waals surface area contributed by atoms with Gasteiger partial charge >= 0.3 is 0 Å². The Bertz CT molecular complexity index is 486. The summed E-state index contributed by atoms with van der Waals surface area (Å²) in [7, 11) is 3.37. The molecule has 1 aromatic rings. The van der Waals surface area contributed by atoms with Crippen LogP contribution in [0.1, 0.15) is 30.0 Å².